The zero-order valence-corrected chi connectivity index (χ0v) is 37.8. The summed E-state index contributed by atoms with van der Waals surface area (Å²) in [5.41, 5.74) is 14.3. The van der Waals surface area contributed by atoms with E-state index in [0.29, 0.717) is 0 Å². The number of thiophene rings is 1. The minimum absolute atomic E-state index is 0.515. The van der Waals surface area contributed by atoms with Crippen molar-refractivity contribution >= 4 is 104 Å². The quantitative estimate of drug-likeness (QED) is 0.174. The molecule has 13 aromatic rings. The second-order valence-corrected chi connectivity index (χ2v) is 20.1. The molecule has 312 valence electrons. The molecule has 2 aromatic heterocycles. The Morgan fingerprint density at radius 3 is 1.87 bits per heavy atom. The van der Waals surface area contributed by atoms with Crippen LogP contribution >= 0.6 is 23.1 Å². The molecule has 0 unspecified atom stereocenters. The van der Waals surface area contributed by atoms with Gasteiger partial charge in [0.15, 0.2) is 0 Å². The Morgan fingerprint density at radius 1 is 0.373 bits per heavy atom. The van der Waals surface area contributed by atoms with Gasteiger partial charge >= 0.3 is 0 Å². The Balaban J connectivity index is 1.04. The van der Waals surface area contributed by atoms with Gasteiger partial charge in [-0.05, 0) is 111 Å². The molecule has 0 saturated heterocycles. The van der Waals surface area contributed by atoms with Crippen molar-refractivity contribution in [2.24, 2.45) is 0 Å². The van der Waals surface area contributed by atoms with Gasteiger partial charge in [-0.1, -0.05) is 176 Å². The molecule has 0 radical (unpaired) electrons. The number of hydrogen-bond acceptors (Lipinski definition) is 3. The lowest BCUT2D eigenvalue weighted by molar-refractivity contribution is 0.707. The number of rotatable bonds is 4. The second kappa shape index (κ2) is 14.1. The molecule has 2 nitrogen and oxygen atoms in total. The molecule has 15 rings (SSSR count). The van der Waals surface area contributed by atoms with Crippen molar-refractivity contribution in [2.45, 2.75) is 15.2 Å². The lowest BCUT2D eigenvalue weighted by atomic mass is 9.59. The number of aromatic nitrogens is 1. The van der Waals surface area contributed by atoms with Gasteiger partial charge in [0.2, 0.25) is 0 Å². The smallest absolute Gasteiger partial charge is 0.0735 e. The molecular weight excluding hydrogens is 849 g/mol. The fourth-order valence-corrected chi connectivity index (χ4v) is 14.2. The highest BCUT2D eigenvalue weighted by atomic mass is 32.2. The summed E-state index contributed by atoms with van der Waals surface area (Å²) < 4.78 is 5.10. The summed E-state index contributed by atoms with van der Waals surface area (Å²) in [6, 6.07) is 86.6. The molecule has 1 aliphatic carbocycles. The van der Waals surface area contributed by atoms with E-state index in [9.17, 15) is 0 Å². The van der Waals surface area contributed by atoms with Crippen molar-refractivity contribution in [3.8, 4) is 16.8 Å². The summed E-state index contributed by atoms with van der Waals surface area (Å²) in [4.78, 5) is 5.15. The topological polar surface area (TPSA) is 8.17 Å². The molecule has 4 heteroatoms. The first-order valence-electron chi connectivity index (χ1n) is 23.0. The highest BCUT2D eigenvalue weighted by Crippen LogP contribution is 2.62. The number of benzene rings is 11. The van der Waals surface area contributed by atoms with Crippen molar-refractivity contribution in [3.05, 3.63) is 253 Å². The molecule has 1 spiro atoms. The lowest BCUT2D eigenvalue weighted by Crippen LogP contribution is -2.36. The zero-order chi connectivity index (χ0) is 43.8. The predicted molar refractivity (Wildman–Crippen MR) is 285 cm³/mol. The normalized spacial score (nSPS) is 13.4. The third-order valence-corrected chi connectivity index (χ3v) is 16.9. The molecule has 0 N–H and O–H groups in total. The second-order valence-electron chi connectivity index (χ2n) is 17.9. The van der Waals surface area contributed by atoms with E-state index in [4.69, 9.17) is 0 Å². The van der Waals surface area contributed by atoms with Crippen LogP contribution in [0.1, 0.15) is 22.3 Å². The molecule has 0 saturated carbocycles. The molecule has 2 aliphatic rings. The van der Waals surface area contributed by atoms with Gasteiger partial charge in [-0.15, -0.1) is 11.3 Å². The Kier molecular flexibility index (Phi) is 7.84. The van der Waals surface area contributed by atoms with Crippen molar-refractivity contribution in [2.75, 3.05) is 4.90 Å². The maximum atomic E-state index is 2.54. The van der Waals surface area contributed by atoms with Crippen LogP contribution in [0.15, 0.2) is 240 Å². The molecule has 0 bridgehead atoms. The third kappa shape index (κ3) is 5.12. The summed E-state index contributed by atoms with van der Waals surface area (Å²) in [5, 5.41) is 10.0. The van der Waals surface area contributed by atoms with Crippen LogP contribution in [0.2, 0.25) is 0 Å². The number of anilines is 3. The van der Waals surface area contributed by atoms with Gasteiger partial charge in [0, 0.05) is 62.9 Å². The van der Waals surface area contributed by atoms with E-state index in [-0.39, 0.29) is 0 Å². The monoisotopic (exact) mass is 886 g/mol. The minimum atomic E-state index is -0.515. The maximum Gasteiger partial charge on any atom is 0.0735 e. The van der Waals surface area contributed by atoms with Crippen LogP contribution in [0.3, 0.4) is 0 Å². The van der Waals surface area contributed by atoms with E-state index >= 15 is 0 Å². The predicted octanol–water partition coefficient (Wildman–Crippen LogP) is 17.8. The number of para-hydroxylation sites is 1. The van der Waals surface area contributed by atoms with Gasteiger partial charge < -0.3 is 9.47 Å². The number of nitrogens with zero attached hydrogens (tertiary/aromatic N) is 2. The lowest BCUT2D eigenvalue weighted by Gasteiger charge is -2.46. The van der Waals surface area contributed by atoms with Crippen LogP contribution in [-0.4, -0.2) is 4.57 Å². The van der Waals surface area contributed by atoms with E-state index in [1.807, 2.05) is 23.1 Å². The van der Waals surface area contributed by atoms with Gasteiger partial charge in [-0.3, -0.25) is 0 Å². The maximum absolute atomic E-state index is 2.54. The van der Waals surface area contributed by atoms with Crippen molar-refractivity contribution in [3.63, 3.8) is 0 Å². The molecule has 0 amide bonds. The zero-order valence-electron chi connectivity index (χ0n) is 36.2. The molecule has 0 atom stereocenters. The van der Waals surface area contributed by atoms with Crippen LogP contribution < -0.4 is 4.90 Å². The van der Waals surface area contributed by atoms with Crippen molar-refractivity contribution < 1.29 is 0 Å². The summed E-state index contributed by atoms with van der Waals surface area (Å²) in [7, 11) is 0. The molecule has 3 heterocycles. The van der Waals surface area contributed by atoms with E-state index < -0.39 is 5.41 Å². The van der Waals surface area contributed by atoms with Crippen LogP contribution in [-0.2, 0) is 5.41 Å². The highest BCUT2D eigenvalue weighted by Gasteiger charge is 2.48. The third-order valence-electron chi connectivity index (χ3n) is 14.6. The highest BCUT2D eigenvalue weighted by molar-refractivity contribution is 7.99. The van der Waals surface area contributed by atoms with E-state index in [2.05, 4.69) is 240 Å². The van der Waals surface area contributed by atoms with Gasteiger partial charge in [0.25, 0.3) is 0 Å². The summed E-state index contributed by atoms with van der Waals surface area (Å²) in [6.07, 6.45) is 0. The fraction of sp³-hybridized carbons (Fsp3) is 0.0159. The molecule has 11 aromatic carbocycles. The Morgan fingerprint density at radius 2 is 1.00 bits per heavy atom. The average molecular weight is 887 g/mol. The summed E-state index contributed by atoms with van der Waals surface area (Å²) in [6.45, 7) is 0. The van der Waals surface area contributed by atoms with Crippen molar-refractivity contribution in [1.29, 1.82) is 0 Å². The Labute approximate surface area is 395 Å². The van der Waals surface area contributed by atoms with Crippen LogP contribution in [0, 0.1) is 0 Å². The largest absolute Gasteiger partial charge is 0.309 e. The van der Waals surface area contributed by atoms with Gasteiger partial charge in [-0.25, -0.2) is 0 Å². The van der Waals surface area contributed by atoms with E-state index in [0.717, 1.165) is 22.7 Å². The first kappa shape index (κ1) is 37.3. The Bertz CT molecular complexity index is 4180. The first-order chi connectivity index (χ1) is 33.2. The summed E-state index contributed by atoms with van der Waals surface area (Å²) in [5.74, 6) is 0. The van der Waals surface area contributed by atoms with Gasteiger partial charge in [0.05, 0.1) is 27.8 Å². The first-order valence-corrected chi connectivity index (χ1v) is 24.6. The average Bonchev–Trinajstić information content (AvgIpc) is 3.93. The number of fused-ring (bicyclic) bond motifs is 15. The minimum Gasteiger partial charge on any atom is -0.309 e. The van der Waals surface area contributed by atoms with Gasteiger partial charge in [0.1, 0.15) is 0 Å². The standard InChI is InChI=1S/C63H38N2S2/c1-2-17-42-39(15-1)16-13-27-54(42)64(41-31-33-45-44-19-4-9-26-55(44)65(57(45)38-41)40-32-36-59-49(37-40)46-20-5-10-28-58(46)66-59)56-35-34-47-43-18-3-6-22-50(43)63(53-25-14-21-48(56)62(47)53)51-23-7-11-29-60(51)67-61-30-12-8-24-52(61)63/h1-38H. The Hall–Kier alpha value is -7.89. The van der Waals surface area contributed by atoms with Crippen LogP contribution in [0.5, 0.6) is 0 Å². The molecule has 0 fully saturated rings. The van der Waals surface area contributed by atoms with Crippen LogP contribution in [0.25, 0.3) is 80.3 Å². The SMILES string of the molecule is c1ccc2c(c1)Sc1ccccc1C21c2ccccc2-c2ccc(N(c3ccc4c5ccccc5n(-c5ccc6sc7ccccc7c6c5)c4c3)c3cccc4ccccc34)c3cccc1c23. The summed E-state index contributed by atoms with van der Waals surface area (Å²) >= 11 is 3.76. The van der Waals surface area contributed by atoms with E-state index in [1.54, 1.807) is 0 Å². The van der Waals surface area contributed by atoms with Crippen LogP contribution in [0.4, 0.5) is 17.1 Å². The molecule has 1 aliphatic heterocycles. The number of hydrogen-bond donors (Lipinski definition) is 0. The molecular formula is C63H38N2S2. The van der Waals surface area contributed by atoms with Crippen molar-refractivity contribution in [1.82, 2.24) is 4.57 Å². The fourth-order valence-electron chi connectivity index (χ4n) is 11.9. The molecule has 67 heavy (non-hydrogen) atoms. The van der Waals surface area contributed by atoms with Gasteiger partial charge in [-0.2, -0.15) is 0 Å². The van der Waals surface area contributed by atoms with E-state index in [1.165, 1.54) is 107 Å².